The molecule has 208 valence electrons. The van der Waals surface area contributed by atoms with Gasteiger partial charge in [-0.25, -0.2) is 4.98 Å². The van der Waals surface area contributed by atoms with Crippen LogP contribution in [0, 0.1) is 11.3 Å². The minimum Gasteiger partial charge on any atom is -0.468 e. The van der Waals surface area contributed by atoms with Gasteiger partial charge in [0.25, 0.3) is 5.91 Å². The number of hydrogen-bond acceptors (Lipinski definition) is 8. The van der Waals surface area contributed by atoms with Crippen LogP contribution in [0.4, 0.5) is 24.5 Å². The van der Waals surface area contributed by atoms with Gasteiger partial charge in [0, 0.05) is 12.1 Å². The molecule has 1 aromatic heterocycles. The van der Waals surface area contributed by atoms with Gasteiger partial charge in [-0.15, -0.1) is 0 Å². The first kappa shape index (κ1) is 27.7. The highest BCUT2D eigenvalue weighted by atomic mass is 32.1. The second kappa shape index (κ2) is 9.96. The van der Waals surface area contributed by atoms with Crippen LogP contribution in [0.5, 0.6) is 5.88 Å². The quantitative estimate of drug-likeness (QED) is 0.452. The van der Waals surface area contributed by atoms with Crippen molar-refractivity contribution in [2.24, 2.45) is 0 Å². The van der Waals surface area contributed by atoms with Crippen LogP contribution in [0.3, 0.4) is 0 Å². The Morgan fingerprint density at radius 1 is 1.20 bits per heavy atom. The number of carbonyl (C=O) groups excluding carboxylic acids is 1. The zero-order valence-electron chi connectivity index (χ0n) is 21.7. The molecule has 0 spiro atoms. The number of hydrogen-bond donors (Lipinski definition) is 1. The third-order valence-corrected chi connectivity index (χ3v) is 7.25. The average Bonchev–Trinajstić information content (AvgIpc) is 3.39. The molecule has 1 amide bonds. The van der Waals surface area contributed by atoms with Crippen molar-refractivity contribution in [2.75, 3.05) is 23.0 Å². The molecule has 2 fully saturated rings. The highest BCUT2D eigenvalue weighted by Crippen LogP contribution is 2.41. The van der Waals surface area contributed by atoms with Crippen LogP contribution in [-0.4, -0.2) is 57.1 Å². The van der Waals surface area contributed by atoms with Crippen LogP contribution >= 0.6 is 12.2 Å². The van der Waals surface area contributed by atoms with Crippen molar-refractivity contribution >= 4 is 45.5 Å². The maximum absolute atomic E-state index is 13.7. The van der Waals surface area contributed by atoms with Crippen molar-refractivity contribution in [2.45, 2.75) is 51.1 Å². The molecule has 2 aromatic carbocycles. The molecule has 1 N–H and O–H groups in total. The number of aliphatic hydroxyl groups is 1. The summed E-state index contributed by atoms with van der Waals surface area (Å²) in [5, 5.41) is 19.8. The fourth-order valence-electron chi connectivity index (χ4n) is 4.76. The highest BCUT2D eigenvalue weighted by Gasteiger charge is 2.51. The van der Waals surface area contributed by atoms with Gasteiger partial charge in [-0.3, -0.25) is 9.69 Å². The summed E-state index contributed by atoms with van der Waals surface area (Å²) in [6.45, 7) is 5.44. The van der Waals surface area contributed by atoms with E-state index in [4.69, 9.17) is 27.0 Å². The molecule has 5 rings (SSSR count). The fourth-order valence-corrected chi connectivity index (χ4v) is 5.28. The molecule has 2 atom stereocenters. The van der Waals surface area contributed by atoms with Gasteiger partial charge in [0.05, 0.1) is 47.0 Å². The summed E-state index contributed by atoms with van der Waals surface area (Å²) < 4.78 is 52.3. The van der Waals surface area contributed by atoms with E-state index in [2.05, 4.69) is 9.97 Å². The molecule has 0 saturated carbocycles. The minimum atomic E-state index is -4.80. The number of alkyl halides is 3. The van der Waals surface area contributed by atoms with Crippen LogP contribution < -0.4 is 14.5 Å². The molecule has 13 heteroatoms. The Morgan fingerprint density at radius 3 is 2.55 bits per heavy atom. The number of halogens is 3. The van der Waals surface area contributed by atoms with Crippen LogP contribution in [0.15, 0.2) is 36.4 Å². The molecular formula is C27H24F3N5O4S. The SMILES string of the molecule is CCc1nc(OC2COC[C@H]2O)c2cc(N3C(=S)N(c4ccc(C#N)c(C(F)(F)F)c4)C(=O)C3(C)C)ccc2n1. The molecule has 3 aromatic rings. The smallest absolute Gasteiger partial charge is 0.417 e. The minimum absolute atomic E-state index is 0.0413. The second-order valence-electron chi connectivity index (χ2n) is 9.92. The van der Waals surface area contributed by atoms with Gasteiger partial charge in [0.1, 0.15) is 17.5 Å². The normalized spacial score (nSPS) is 20.9. The number of aryl methyl sites for hydroxylation is 1. The molecule has 2 saturated heterocycles. The van der Waals surface area contributed by atoms with E-state index in [0.717, 1.165) is 17.0 Å². The molecule has 0 bridgehead atoms. The third kappa shape index (κ3) is 4.61. The average molecular weight is 572 g/mol. The number of nitriles is 1. The largest absolute Gasteiger partial charge is 0.468 e. The number of anilines is 2. The number of ether oxygens (including phenoxy) is 2. The van der Waals surface area contributed by atoms with Crippen molar-refractivity contribution < 1.29 is 32.5 Å². The number of benzene rings is 2. The Labute approximate surface area is 232 Å². The molecule has 9 nitrogen and oxygen atoms in total. The Kier molecular flexibility index (Phi) is 6.89. The molecule has 2 aliphatic rings. The molecule has 0 aliphatic carbocycles. The summed E-state index contributed by atoms with van der Waals surface area (Å²) in [5.41, 5.74) is -2.08. The number of rotatable bonds is 5. The maximum Gasteiger partial charge on any atom is 0.417 e. The van der Waals surface area contributed by atoms with Gasteiger partial charge in [-0.2, -0.15) is 23.4 Å². The summed E-state index contributed by atoms with van der Waals surface area (Å²) in [4.78, 5) is 25.2. The summed E-state index contributed by atoms with van der Waals surface area (Å²) in [5.74, 6) is 0.213. The second-order valence-corrected chi connectivity index (χ2v) is 10.3. The lowest BCUT2D eigenvalue weighted by Gasteiger charge is -2.29. The van der Waals surface area contributed by atoms with Crippen LogP contribution in [-0.2, 0) is 22.1 Å². The van der Waals surface area contributed by atoms with E-state index in [0.29, 0.717) is 28.8 Å². The summed E-state index contributed by atoms with van der Waals surface area (Å²) in [6, 6.07) is 9.69. The number of aliphatic hydroxyl groups excluding tert-OH is 1. The third-order valence-electron chi connectivity index (χ3n) is 6.88. The van der Waals surface area contributed by atoms with Gasteiger partial charge >= 0.3 is 6.18 Å². The first-order valence-electron chi connectivity index (χ1n) is 12.4. The number of carbonyl (C=O) groups is 1. The predicted molar refractivity (Wildman–Crippen MR) is 143 cm³/mol. The molecule has 2 aliphatic heterocycles. The Morgan fingerprint density at radius 2 is 1.93 bits per heavy atom. The number of fused-ring (bicyclic) bond motifs is 1. The molecule has 3 heterocycles. The monoisotopic (exact) mass is 571 g/mol. The van der Waals surface area contributed by atoms with Gasteiger partial charge in [0.2, 0.25) is 5.88 Å². The van der Waals surface area contributed by atoms with Crippen molar-refractivity contribution in [3.05, 3.63) is 53.3 Å². The summed E-state index contributed by atoms with van der Waals surface area (Å²) in [7, 11) is 0. The molecule has 1 unspecified atom stereocenters. The Hall–Kier alpha value is -3.86. The first-order chi connectivity index (χ1) is 18.9. The van der Waals surface area contributed by atoms with Gasteiger partial charge in [-0.1, -0.05) is 6.92 Å². The number of amides is 1. The van der Waals surface area contributed by atoms with Gasteiger partial charge in [-0.05, 0) is 62.5 Å². The van der Waals surface area contributed by atoms with Crippen molar-refractivity contribution in [3.63, 3.8) is 0 Å². The molecular weight excluding hydrogens is 547 g/mol. The number of nitrogens with zero attached hydrogens (tertiary/aromatic N) is 5. The zero-order valence-corrected chi connectivity index (χ0v) is 22.5. The van der Waals surface area contributed by atoms with E-state index in [-0.39, 0.29) is 29.9 Å². The van der Waals surface area contributed by atoms with E-state index in [9.17, 15) is 23.1 Å². The number of aromatic nitrogens is 2. The van der Waals surface area contributed by atoms with E-state index in [1.807, 2.05) is 6.92 Å². The van der Waals surface area contributed by atoms with Gasteiger partial charge < -0.3 is 19.5 Å². The lowest BCUT2D eigenvalue weighted by Crippen LogP contribution is -2.44. The molecule has 40 heavy (non-hydrogen) atoms. The van der Waals surface area contributed by atoms with E-state index in [1.54, 1.807) is 36.9 Å². The topological polar surface area (TPSA) is 112 Å². The highest BCUT2D eigenvalue weighted by molar-refractivity contribution is 7.81. The Bertz CT molecular complexity index is 1570. The van der Waals surface area contributed by atoms with E-state index >= 15 is 0 Å². The Balaban J connectivity index is 1.58. The lowest BCUT2D eigenvalue weighted by atomic mass is 10.0. The molecule has 0 radical (unpaired) electrons. The van der Waals surface area contributed by atoms with Gasteiger partial charge in [0.15, 0.2) is 11.2 Å². The van der Waals surface area contributed by atoms with Crippen LogP contribution in [0.25, 0.3) is 10.9 Å². The predicted octanol–water partition coefficient (Wildman–Crippen LogP) is 4.14. The van der Waals surface area contributed by atoms with E-state index in [1.165, 1.54) is 12.1 Å². The van der Waals surface area contributed by atoms with Crippen molar-refractivity contribution in [1.82, 2.24) is 9.97 Å². The van der Waals surface area contributed by atoms with Crippen LogP contribution in [0.2, 0.25) is 0 Å². The standard InChI is InChI=1S/C27H24F3N5O4S/c1-4-22-32-19-8-7-16(9-17(19)23(33-22)39-21-13-38-12-20(21)36)35-25(40)34(24(37)26(35,2)3)15-6-5-14(11-31)18(10-15)27(28,29)30/h5-10,20-21,36H,4,12-13H2,1-3H3/t20-,21?/m1/s1. The van der Waals surface area contributed by atoms with Crippen LogP contribution in [0.1, 0.15) is 37.7 Å². The van der Waals surface area contributed by atoms with Crippen molar-refractivity contribution in [1.29, 1.82) is 5.26 Å². The number of thiocarbonyl (C=S) groups is 1. The first-order valence-corrected chi connectivity index (χ1v) is 12.8. The summed E-state index contributed by atoms with van der Waals surface area (Å²) in [6.07, 6.45) is -5.73. The lowest BCUT2D eigenvalue weighted by molar-refractivity contribution is -0.137. The zero-order chi connectivity index (χ0) is 29.0. The van der Waals surface area contributed by atoms with E-state index < -0.39 is 41.0 Å². The summed E-state index contributed by atoms with van der Waals surface area (Å²) >= 11 is 5.65. The maximum atomic E-state index is 13.7. The van der Waals surface area contributed by atoms with Crippen molar-refractivity contribution in [3.8, 4) is 11.9 Å². The fraction of sp³-hybridized carbons (Fsp3) is 0.370.